The molecule has 0 aromatic heterocycles. The van der Waals surface area contributed by atoms with Crippen molar-refractivity contribution in [3.63, 3.8) is 0 Å². The third-order valence-corrected chi connectivity index (χ3v) is 17.9. The Hall–Kier alpha value is -0.117. The summed E-state index contributed by atoms with van der Waals surface area (Å²) in [6, 6.07) is 9.87. The first kappa shape index (κ1) is 45.0. The van der Waals surface area contributed by atoms with Crippen LogP contribution in [0.15, 0.2) is 48.6 Å². The Kier molecular flexibility index (Phi) is 23.5. The maximum atomic E-state index is 10.7. The summed E-state index contributed by atoms with van der Waals surface area (Å²) in [5.74, 6) is 0. The zero-order chi connectivity index (χ0) is 29.8. The molecule has 0 spiro atoms. The van der Waals surface area contributed by atoms with Gasteiger partial charge >= 0.3 is 25.0 Å². The molecule has 43 heavy (non-hydrogen) atoms. The van der Waals surface area contributed by atoms with Crippen LogP contribution in [0.2, 0.25) is 0 Å². The van der Waals surface area contributed by atoms with Crippen LogP contribution in [0.5, 0.6) is 0 Å². The van der Waals surface area contributed by atoms with Gasteiger partial charge in [0.1, 0.15) is 10.6 Å². The number of rotatable bonds is 6. The Bertz CT molecular complexity index is 953. The van der Waals surface area contributed by atoms with Gasteiger partial charge in [0.15, 0.2) is 10.1 Å². The number of allylic oxidation sites excluding steroid dienone is 4. The van der Waals surface area contributed by atoms with E-state index in [1.54, 1.807) is 0 Å². The summed E-state index contributed by atoms with van der Waals surface area (Å²) in [6.07, 6.45) is 25.7. The van der Waals surface area contributed by atoms with Crippen LogP contribution in [0, 0.1) is 14.9 Å². The Morgan fingerprint density at radius 1 is 0.674 bits per heavy atom. The van der Waals surface area contributed by atoms with E-state index in [1.165, 1.54) is 77.0 Å². The molecule has 2 saturated heterocycles. The van der Waals surface area contributed by atoms with Crippen molar-refractivity contribution in [1.82, 2.24) is 0 Å². The van der Waals surface area contributed by atoms with Crippen LogP contribution in [-0.4, -0.2) is 41.1 Å². The van der Waals surface area contributed by atoms with Gasteiger partial charge in [0, 0.05) is 15.8 Å². The maximum Gasteiger partial charge on any atom is 3.00 e. The Balaban J connectivity index is 0. The van der Waals surface area contributed by atoms with Gasteiger partial charge in [-0.25, -0.2) is 8.42 Å². The molecule has 3 nitrogen and oxygen atoms in total. The van der Waals surface area contributed by atoms with Crippen molar-refractivity contribution in [2.24, 2.45) is 0 Å². The van der Waals surface area contributed by atoms with Crippen LogP contribution in [0.25, 0.3) is 0 Å². The smallest absolute Gasteiger partial charge is 0.741 e. The first-order valence-corrected chi connectivity index (χ1v) is 19.9. The van der Waals surface area contributed by atoms with E-state index < -0.39 is 15.6 Å². The Morgan fingerprint density at radius 3 is 1.09 bits per heavy atom. The van der Waals surface area contributed by atoms with Crippen LogP contribution in [0.3, 0.4) is 0 Å². The number of hydrogen-bond donors (Lipinski definition) is 0. The molecule has 1 aromatic rings. The summed E-state index contributed by atoms with van der Waals surface area (Å²) in [4.78, 5) is 0. The largest absolute Gasteiger partial charge is 3.00 e. The van der Waals surface area contributed by atoms with Crippen LogP contribution in [0.1, 0.15) is 105 Å². The molecule has 3 aliphatic rings. The van der Waals surface area contributed by atoms with E-state index >= 15 is 0 Å². The minimum atomic E-state index is -6.09. The van der Waals surface area contributed by atoms with Gasteiger partial charge in [0.05, 0.1) is 22.6 Å². The van der Waals surface area contributed by atoms with Crippen molar-refractivity contribution in [2.45, 2.75) is 133 Å². The number of halogens is 3. The molecule has 0 N–H and O–H groups in total. The second kappa shape index (κ2) is 22.4. The van der Waals surface area contributed by atoms with Crippen LogP contribution in [0.4, 0.5) is 13.2 Å². The average Bonchev–Trinajstić information content (AvgIpc) is 3.51. The molecule has 0 saturated carbocycles. The third kappa shape index (κ3) is 13.6. The van der Waals surface area contributed by atoms with Crippen molar-refractivity contribution in [3.05, 3.63) is 63.4 Å². The molecule has 1 aliphatic carbocycles. The van der Waals surface area contributed by atoms with E-state index in [0.717, 1.165) is 22.6 Å². The fourth-order valence-corrected chi connectivity index (χ4v) is 15.5. The zero-order valence-electron chi connectivity index (χ0n) is 27.0. The molecule has 2 heterocycles. The maximum absolute atomic E-state index is 10.7. The summed E-state index contributed by atoms with van der Waals surface area (Å²) in [6.45, 7) is 9.79. The van der Waals surface area contributed by atoms with Gasteiger partial charge in [-0.15, -0.1) is 0 Å². The summed E-state index contributed by atoms with van der Waals surface area (Å²) in [7, 11) is -6.83. The molecule has 4 rings (SSSR count). The summed E-state index contributed by atoms with van der Waals surface area (Å²) in [5, 5.41) is 3.79. The van der Waals surface area contributed by atoms with E-state index in [4.69, 9.17) is 13.0 Å². The molecule has 2 aliphatic heterocycles. The summed E-state index contributed by atoms with van der Waals surface area (Å²) < 4.78 is 58.9. The first-order valence-electron chi connectivity index (χ1n) is 15.1. The van der Waals surface area contributed by atoms with Crippen molar-refractivity contribution < 1.29 is 45.6 Å². The molecule has 0 amide bonds. The van der Waals surface area contributed by atoms with E-state index in [0.29, 0.717) is 0 Å². The molecule has 4 atom stereocenters. The molecule has 0 bridgehead atoms. The predicted octanol–water partition coefficient (Wildman–Crippen LogP) is 9.69. The number of benzene rings is 1. The van der Waals surface area contributed by atoms with Crippen molar-refractivity contribution >= 4 is 36.6 Å². The van der Waals surface area contributed by atoms with Crippen molar-refractivity contribution in [2.75, 3.05) is 0 Å². The second-order valence-electron chi connectivity index (χ2n) is 11.0. The van der Waals surface area contributed by atoms with Crippen LogP contribution < -0.4 is 10.6 Å². The van der Waals surface area contributed by atoms with Crippen molar-refractivity contribution in [3.8, 4) is 0 Å². The molecule has 250 valence electrons. The van der Waals surface area contributed by atoms with Gasteiger partial charge in [0.25, 0.3) is 0 Å². The SMILES string of the molecule is C1=CCC/C=C\CC1.CC[C@@H]1CC[C@@H](CC)[PH+]1c1ccccc1[PH+]1[C@H](CC)CC[C@H]1CC.O=S(=O)([O-])C(F)(F)F.[CH3-].[CH3-].[Rh+3]. The zero-order valence-corrected chi connectivity index (χ0v) is 31.5. The van der Waals surface area contributed by atoms with Crippen LogP contribution >= 0.6 is 15.8 Å². The molecule has 1 aromatic carbocycles. The first-order chi connectivity index (χ1) is 19.0. The minimum Gasteiger partial charge on any atom is -0.741 e. The standard InChI is InChI=1S/C22H36P2.C8H12.CHF3O3S.2CH3.Rh/c1-5-17-13-14-18(6-2)23(17)21-11-9-10-12-22(21)24-19(7-3)15-16-20(24)8-4;1-2-4-6-8-7-5-3-1;2-1(3,4)8(5,6)7;;;/h9-12,17-20H,5-8,13-16H2,1-4H3;1-2,7-8H,3-6H2;(H,5,6,7);2*1H3;/q;;;2*-1;+3/p+1/b;2-1-,8-7?;;;;/t17-,18-,19-,20-;;;;;/m1...../s1. The van der Waals surface area contributed by atoms with Crippen molar-refractivity contribution in [1.29, 1.82) is 0 Å². The molecule has 0 radical (unpaired) electrons. The van der Waals surface area contributed by atoms with Gasteiger partial charge in [-0.2, -0.15) is 13.2 Å². The summed E-state index contributed by atoms with van der Waals surface area (Å²) >= 11 is 0. The normalized spacial score (nSPS) is 24.8. The molecular weight excluding hydrogens is 698 g/mol. The van der Waals surface area contributed by atoms with Gasteiger partial charge in [-0.3, -0.25) is 0 Å². The number of hydrogen-bond acceptors (Lipinski definition) is 3. The second-order valence-corrected chi connectivity index (χ2v) is 18.6. The Morgan fingerprint density at radius 2 is 0.907 bits per heavy atom. The monoisotopic (exact) mass is 754 g/mol. The quantitative estimate of drug-likeness (QED) is 0.0726. The molecular formula is C33H56F3O3P2RhS+2. The minimum absolute atomic E-state index is 0. The van der Waals surface area contributed by atoms with E-state index in [2.05, 4.69) is 76.3 Å². The van der Waals surface area contributed by atoms with E-state index in [-0.39, 0.29) is 50.2 Å². The Labute approximate surface area is 277 Å². The third-order valence-electron chi connectivity index (χ3n) is 8.62. The fourth-order valence-electron chi connectivity index (χ4n) is 6.51. The molecule has 0 unspecified atom stereocenters. The topological polar surface area (TPSA) is 57.2 Å². The molecule has 2 fully saturated rings. The van der Waals surface area contributed by atoms with Gasteiger partial charge in [0.2, 0.25) is 0 Å². The van der Waals surface area contributed by atoms with Gasteiger partial charge in [-0.05, 0) is 89.2 Å². The van der Waals surface area contributed by atoms with Crippen LogP contribution in [-0.2, 0) is 29.6 Å². The van der Waals surface area contributed by atoms with E-state index in [1.807, 2.05) is 10.6 Å². The van der Waals surface area contributed by atoms with E-state index in [9.17, 15) is 13.2 Å². The number of alkyl halides is 3. The fraction of sp³-hybridized carbons (Fsp3) is 0.636. The van der Waals surface area contributed by atoms with Gasteiger partial charge in [-0.1, -0.05) is 64.1 Å². The predicted molar refractivity (Wildman–Crippen MR) is 182 cm³/mol. The molecule has 10 heteroatoms. The summed E-state index contributed by atoms with van der Waals surface area (Å²) in [5.41, 5.74) is -1.52. The average molecular weight is 755 g/mol. The van der Waals surface area contributed by atoms with Gasteiger partial charge < -0.3 is 19.4 Å².